The van der Waals surface area contributed by atoms with Crippen LogP contribution in [0.2, 0.25) is 0 Å². The fraction of sp³-hybridized carbons (Fsp3) is 0.412. The molecule has 116 valence electrons. The highest BCUT2D eigenvalue weighted by Crippen LogP contribution is 2.17. The van der Waals surface area contributed by atoms with Gasteiger partial charge in [-0.2, -0.15) is 0 Å². The second kappa shape index (κ2) is 6.75. The van der Waals surface area contributed by atoms with Gasteiger partial charge in [0, 0.05) is 19.0 Å². The Morgan fingerprint density at radius 2 is 2.23 bits per heavy atom. The molecule has 0 bridgehead atoms. The molecule has 0 spiro atoms. The molecule has 5 nitrogen and oxygen atoms in total. The van der Waals surface area contributed by atoms with E-state index in [9.17, 15) is 4.79 Å². The lowest BCUT2D eigenvalue weighted by molar-refractivity contribution is 0.123. The summed E-state index contributed by atoms with van der Waals surface area (Å²) in [5, 5.41) is 4.07. The van der Waals surface area contributed by atoms with E-state index >= 15 is 0 Å². The molecule has 3 rings (SSSR count). The van der Waals surface area contributed by atoms with E-state index in [-0.39, 0.29) is 12.1 Å². The van der Waals surface area contributed by atoms with Crippen LogP contribution in [0.5, 0.6) is 0 Å². The van der Waals surface area contributed by atoms with Crippen LogP contribution in [0.15, 0.2) is 36.4 Å². The fourth-order valence-corrected chi connectivity index (χ4v) is 2.94. The predicted molar refractivity (Wildman–Crippen MR) is 85.6 cm³/mol. The van der Waals surface area contributed by atoms with Gasteiger partial charge in [-0.25, -0.2) is 4.79 Å². The Morgan fingerprint density at radius 3 is 3.09 bits per heavy atom. The monoisotopic (exact) mass is 299 g/mol. The molecule has 0 aliphatic carbocycles. The molecule has 2 amide bonds. The lowest BCUT2D eigenvalue weighted by Gasteiger charge is -2.24. The first-order valence-electron chi connectivity index (χ1n) is 7.66. The average molecular weight is 299 g/mol. The summed E-state index contributed by atoms with van der Waals surface area (Å²) in [6.07, 6.45) is 2.05. The Kier molecular flexibility index (Phi) is 4.53. The fourth-order valence-electron chi connectivity index (χ4n) is 2.94. The molecule has 22 heavy (non-hydrogen) atoms. The van der Waals surface area contributed by atoms with Crippen molar-refractivity contribution < 1.29 is 9.53 Å². The summed E-state index contributed by atoms with van der Waals surface area (Å²) < 4.78 is 5.18. The SMILES string of the molecule is COC[C@@H]1CCCN1C(=O)NCc1ccc2ccccc2n1. The van der Waals surface area contributed by atoms with E-state index in [1.807, 2.05) is 41.3 Å². The van der Waals surface area contributed by atoms with Crippen LogP contribution in [-0.2, 0) is 11.3 Å². The zero-order chi connectivity index (χ0) is 15.4. The number of hydrogen-bond acceptors (Lipinski definition) is 3. The van der Waals surface area contributed by atoms with Gasteiger partial charge in [-0.1, -0.05) is 24.3 Å². The van der Waals surface area contributed by atoms with Crippen molar-refractivity contribution in [3.8, 4) is 0 Å². The van der Waals surface area contributed by atoms with Gasteiger partial charge >= 0.3 is 6.03 Å². The topological polar surface area (TPSA) is 54.5 Å². The summed E-state index contributed by atoms with van der Waals surface area (Å²) in [5.41, 5.74) is 1.82. The van der Waals surface area contributed by atoms with Crippen LogP contribution in [0.3, 0.4) is 0 Å². The van der Waals surface area contributed by atoms with Gasteiger partial charge in [-0.3, -0.25) is 4.98 Å². The Balaban J connectivity index is 1.62. The Bertz CT molecular complexity index is 659. The van der Waals surface area contributed by atoms with Crippen LogP contribution in [0.1, 0.15) is 18.5 Å². The summed E-state index contributed by atoms with van der Waals surface area (Å²) in [5.74, 6) is 0. The number of pyridine rings is 1. The third-order valence-electron chi connectivity index (χ3n) is 4.07. The van der Waals surface area contributed by atoms with Crippen LogP contribution in [-0.4, -0.2) is 42.2 Å². The van der Waals surface area contributed by atoms with Crippen molar-refractivity contribution in [2.75, 3.05) is 20.3 Å². The molecular weight excluding hydrogens is 278 g/mol. The number of nitrogens with zero attached hydrogens (tertiary/aromatic N) is 2. The van der Waals surface area contributed by atoms with Gasteiger partial charge in [-0.15, -0.1) is 0 Å². The van der Waals surface area contributed by atoms with Gasteiger partial charge in [0.05, 0.1) is 30.4 Å². The number of methoxy groups -OCH3 is 1. The summed E-state index contributed by atoms with van der Waals surface area (Å²) >= 11 is 0. The number of urea groups is 1. The molecule has 1 aromatic heterocycles. The van der Waals surface area contributed by atoms with Crippen molar-refractivity contribution in [3.05, 3.63) is 42.1 Å². The minimum atomic E-state index is -0.0329. The highest BCUT2D eigenvalue weighted by Gasteiger charge is 2.28. The third kappa shape index (κ3) is 3.20. The number of carbonyl (C=O) groups excluding carboxylic acids is 1. The zero-order valence-electron chi connectivity index (χ0n) is 12.8. The minimum absolute atomic E-state index is 0.0329. The molecule has 1 aliphatic heterocycles. The molecule has 1 aliphatic rings. The number of nitrogens with one attached hydrogen (secondary N) is 1. The summed E-state index contributed by atoms with van der Waals surface area (Å²) in [6.45, 7) is 1.84. The molecule has 1 N–H and O–H groups in total. The number of likely N-dealkylation sites (tertiary alicyclic amines) is 1. The number of amides is 2. The van der Waals surface area contributed by atoms with Gasteiger partial charge in [0.2, 0.25) is 0 Å². The molecule has 1 aromatic carbocycles. The van der Waals surface area contributed by atoms with Crippen molar-refractivity contribution >= 4 is 16.9 Å². The molecule has 2 aromatic rings. The number of para-hydroxylation sites is 1. The second-order valence-corrected chi connectivity index (χ2v) is 5.60. The van der Waals surface area contributed by atoms with E-state index in [2.05, 4.69) is 10.3 Å². The maximum Gasteiger partial charge on any atom is 0.318 e. The lowest BCUT2D eigenvalue weighted by Crippen LogP contribution is -2.44. The molecule has 2 heterocycles. The van der Waals surface area contributed by atoms with Crippen molar-refractivity contribution in [2.45, 2.75) is 25.4 Å². The molecule has 0 unspecified atom stereocenters. The van der Waals surface area contributed by atoms with Crippen LogP contribution in [0.25, 0.3) is 10.9 Å². The van der Waals surface area contributed by atoms with Crippen LogP contribution in [0.4, 0.5) is 4.79 Å². The maximum absolute atomic E-state index is 12.3. The molecule has 1 atom stereocenters. The Labute approximate surface area is 130 Å². The van der Waals surface area contributed by atoms with E-state index in [0.29, 0.717) is 13.2 Å². The van der Waals surface area contributed by atoms with Gasteiger partial charge in [0.25, 0.3) is 0 Å². The van der Waals surface area contributed by atoms with Crippen molar-refractivity contribution in [2.24, 2.45) is 0 Å². The summed E-state index contributed by atoms with van der Waals surface area (Å²) in [6, 6.07) is 12.1. The number of ether oxygens (including phenoxy) is 1. The van der Waals surface area contributed by atoms with E-state index in [1.165, 1.54) is 0 Å². The smallest absolute Gasteiger partial charge is 0.318 e. The molecule has 1 saturated heterocycles. The van der Waals surface area contributed by atoms with Gasteiger partial charge in [-0.05, 0) is 25.0 Å². The van der Waals surface area contributed by atoms with Gasteiger partial charge < -0.3 is 15.0 Å². The number of carbonyl (C=O) groups is 1. The molecule has 5 heteroatoms. The zero-order valence-corrected chi connectivity index (χ0v) is 12.8. The Morgan fingerprint density at radius 1 is 1.36 bits per heavy atom. The normalized spacial score (nSPS) is 17.9. The van der Waals surface area contributed by atoms with Gasteiger partial charge in [0.15, 0.2) is 0 Å². The first-order valence-corrected chi connectivity index (χ1v) is 7.66. The predicted octanol–water partition coefficient (Wildman–Crippen LogP) is 2.56. The largest absolute Gasteiger partial charge is 0.383 e. The number of hydrogen-bond donors (Lipinski definition) is 1. The van der Waals surface area contributed by atoms with Crippen molar-refractivity contribution in [1.29, 1.82) is 0 Å². The number of aromatic nitrogens is 1. The number of benzene rings is 1. The summed E-state index contributed by atoms with van der Waals surface area (Å²) in [4.78, 5) is 18.7. The van der Waals surface area contributed by atoms with Crippen molar-refractivity contribution in [1.82, 2.24) is 15.2 Å². The number of fused-ring (bicyclic) bond motifs is 1. The highest BCUT2D eigenvalue weighted by atomic mass is 16.5. The van der Waals surface area contributed by atoms with E-state index in [4.69, 9.17) is 4.74 Å². The van der Waals surface area contributed by atoms with Crippen LogP contribution < -0.4 is 5.32 Å². The average Bonchev–Trinajstić information content (AvgIpc) is 3.01. The highest BCUT2D eigenvalue weighted by molar-refractivity contribution is 5.78. The first kappa shape index (κ1) is 14.8. The van der Waals surface area contributed by atoms with E-state index < -0.39 is 0 Å². The lowest BCUT2D eigenvalue weighted by atomic mass is 10.2. The standard InChI is InChI=1S/C17H21N3O2/c1-22-12-15-6-4-10-20(15)17(21)18-11-14-9-8-13-5-2-3-7-16(13)19-14/h2-3,5,7-9,15H,4,6,10-12H2,1H3,(H,18,21)/t15-/m0/s1. The summed E-state index contributed by atoms with van der Waals surface area (Å²) in [7, 11) is 1.67. The van der Waals surface area contributed by atoms with Gasteiger partial charge in [0.1, 0.15) is 0 Å². The molecule has 1 fully saturated rings. The Hall–Kier alpha value is -2.14. The maximum atomic E-state index is 12.3. The second-order valence-electron chi connectivity index (χ2n) is 5.60. The van der Waals surface area contributed by atoms with E-state index in [1.54, 1.807) is 7.11 Å². The molecule has 0 saturated carbocycles. The van der Waals surface area contributed by atoms with Crippen LogP contribution in [0, 0.1) is 0 Å². The minimum Gasteiger partial charge on any atom is -0.383 e. The third-order valence-corrected chi connectivity index (χ3v) is 4.07. The van der Waals surface area contributed by atoms with Crippen LogP contribution >= 0.6 is 0 Å². The molecular formula is C17H21N3O2. The first-order chi connectivity index (χ1) is 10.8. The number of rotatable bonds is 4. The van der Waals surface area contributed by atoms with Crippen molar-refractivity contribution in [3.63, 3.8) is 0 Å². The quantitative estimate of drug-likeness (QED) is 0.944. The molecule has 0 radical (unpaired) electrons. The van der Waals surface area contributed by atoms with E-state index in [0.717, 1.165) is 36.0 Å².